The number of ether oxygens (including phenoxy) is 1. The fourth-order valence-corrected chi connectivity index (χ4v) is 1.32. The van der Waals surface area contributed by atoms with E-state index >= 15 is 0 Å². The van der Waals surface area contributed by atoms with Crippen LogP contribution in [0, 0.1) is 5.92 Å². The molecule has 0 radical (unpaired) electrons. The maximum atomic E-state index is 11.6. The lowest BCUT2D eigenvalue weighted by atomic mass is 9.92. The summed E-state index contributed by atoms with van der Waals surface area (Å²) in [6.07, 6.45) is 2.71. The van der Waals surface area contributed by atoms with Gasteiger partial charge in [-0.05, 0) is 26.8 Å². The number of hydrogen-bond acceptors (Lipinski definition) is 4. The number of allylic oxidation sites excluding steroid dienone is 2. The largest absolute Gasteiger partial charge is 0.451 e. The normalized spacial score (nSPS) is 25.5. The summed E-state index contributed by atoms with van der Waals surface area (Å²) in [5.74, 6) is -2.98. The highest BCUT2D eigenvalue weighted by Gasteiger charge is 2.51. The van der Waals surface area contributed by atoms with E-state index in [2.05, 4.69) is 0 Å². The van der Waals surface area contributed by atoms with Crippen molar-refractivity contribution < 1.29 is 19.1 Å². The van der Waals surface area contributed by atoms with Crippen LogP contribution in [0.5, 0.6) is 0 Å². The highest BCUT2D eigenvalue weighted by Crippen LogP contribution is 2.27. The second-order valence-corrected chi connectivity index (χ2v) is 3.63. The summed E-state index contributed by atoms with van der Waals surface area (Å²) in [7, 11) is 0. The Morgan fingerprint density at radius 3 is 2.36 bits per heavy atom. The van der Waals surface area contributed by atoms with Crippen LogP contribution < -0.4 is 0 Å². The van der Waals surface area contributed by atoms with Crippen molar-refractivity contribution in [3.05, 3.63) is 12.2 Å². The number of hydrogen-bond donors (Lipinski definition) is 0. The molecule has 0 saturated carbocycles. The summed E-state index contributed by atoms with van der Waals surface area (Å²) in [5, 5.41) is 0. The van der Waals surface area contributed by atoms with Gasteiger partial charge in [0, 0.05) is 0 Å². The maximum Gasteiger partial charge on any atom is 0.325 e. The Kier molecular flexibility index (Phi) is 2.55. The predicted octanol–water partition coefficient (Wildman–Crippen LogP) is 0.652. The van der Waals surface area contributed by atoms with Crippen molar-refractivity contribution in [2.24, 2.45) is 5.92 Å². The molecule has 0 aliphatic carbocycles. The monoisotopic (exact) mass is 196 g/mol. The third kappa shape index (κ3) is 1.60. The Labute approximate surface area is 81.9 Å². The molecule has 1 atom stereocenters. The number of ketones is 2. The van der Waals surface area contributed by atoms with Gasteiger partial charge in [-0.3, -0.25) is 14.4 Å². The molecule has 0 N–H and O–H groups in total. The van der Waals surface area contributed by atoms with Crippen LogP contribution in [0.4, 0.5) is 0 Å². The highest BCUT2D eigenvalue weighted by molar-refractivity contribution is 6.25. The first kappa shape index (κ1) is 10.6. The lowest BCUT2D eigenvalue weighted by Gasteiger charge is -2.12. The van der Waals surface area contributed by atoms with E-state index in [0.29, 0.717) is 0 Å². The molecule has 1 fully saturated rings. The van der Waals surface area contributed by atoms with Crippen molar-refractivity contribution in [1.82, 2.24) is 0 Å². The Hall–Kier alpha value is -1.45. The van der Waals surface area contributed by atoms with Crippen LogP contribution in [0.15, 0.2) is 12.2 Å². The molecule has 1 rings (SSSR count). The molecule has 0 aromatic heterocycles. The molecule has 1 heterocycles. The Balaban J connectivity index is 2.97. The Morgan fingerprint density at radius 2 is 2.00 bits per heavy atom. The third-order valence-corrected chi connectivity index (χ3v) is 2.06. The first-order valence-corrected chi connectivity index (χ1v) is 4.34. The molecule has 76 valence electrons. The van der Waals surface area contributed by atoms with E-state index in [4.69, 9.17) is 4.74 Å². The first-order chi connectivity index (χ1) is 6.40. The molecule has 0 amide bonds. The molecule has 1 unspecified atom stereocenters. The molecule has 0 aromatic rings. The second-order valence-electron chi connectivity index (χ2n) is 3.63. The maximum absolute atomic E-state index is 11.6. The molecule has 1 aliphatic rings. The van der Waals surface area contributed by atoms with Gasteiger partial charge in [0.2, 0.25) is 0 Å². The van der Waals surface area contributed by atoms with E-state index in [1.807, 2.05) is 0 Å². The van der Waals surface area contributed by atoms with Crippen LogP contribution in [0.25, 0.3) is 0 Å². The van der Waals surface area contributed by atoms with Crippen LogP contribution in [-0.4, -0.2) is 23.1 Å². The summed E-state index contributed by atoms with van der Waals surface area (Å²) in [6, 6.07) is 0. The van der Waals surface area contributed by atoms with Gasteiger partial charge in [-0.25, -0.2) is 0 Å². The summed E-state index contributed by atoms with van der Waals surface area (Å²) >= 11 is 0. The van der Waals surface area contributed by atoms with E-state index in [1.165, 1.54) is 26.0 Å². The van der Waals surface area contributed by atoms with Crippen LogP contribution in [0.3, 0.4) is 0 Å². The molecular formula is C10H12O4. The van der Waals surface area contributed by atoms with Crippen molar-refractivity contribution in [2.75, 3.05) is 0 Å². The summed E-state index contributed by atoms with van der Waals surface area (Å²) in [5.41, 5.74) is -1.17. The third-order valence-electron chi connectivity index (χ3n) is 2.06. The summed E-state index contributed by atoms with van der Waals surface area (Å²) in [4.78, 5) is 34.1. The quantitative estimate of drug-likeness (QED) is 0.369. The molecule has 14 heavy (non-hydrogen) atoms. The fraction of sp³-hybridized carbons (Fsp3) is 0.500. The van der Waals surface area contributed by atoms with E-state index in [0.717, 1.165) is 0 Å². The van der Waals surface area contributed by atoms with Gasteiger partial charge in [0.05, 0.1) is 0 Å². The minimum absolute atomic E-state index is 0.467. The number of Topliss-reactive ketones (excluding diaryl/α,β-unsaturated/α-hetero) is 1. The van der Waals surface area contributed by atoms with Gasteiger partial charge in [0.1, 0.15) is 0 Å². The van der Waals surface area contributed by atoms with Crippen LogP contribution in [0.2, 0.25) is 0 Å². The van der Waals surface area contributed by atoms with Crippen molar-refractivity contribution in [3.8, 4) is 0 Å². The SMILES string of the molecule is C/C=C/C(=O)C1C(=O)OC(C)(C)C1=O. The van der Waals surface area contributed by atoms with E-state index in [9.17, 15) is 14.4 Å². The lowest BCUT2D eigenvalue weighted by Crippen LogP contribution is -2.32. The lowest BCUT2D eigenvalue weighted by molar-refractivity contribution is -0.150. The molecule has 4 nitrogen and oxygen atoms in total. The van der Waals surface area contributed by atoms with Crippen molar-refractivity contribution in [2.45, 2.75) is 26.4 Å². The first-order valence-electron chi connectivity index (χ1n) is 4.34. The van der Waals surface area contributed by atoms with Crippen LogP contribution in [-0.2, 0) is 19.1 Å². The highest BCUT2D eigenvalue weighted by atomic mass is 16.6. The number of carbonyl (C=O) groups is 3. The van der Waals surface area contributed by atoms with Gasteiger partial charge in [-0.2, -0.15) is 0 Å². The summed E-state index contributed by atoms with van der Waals surface area (Å²) in [6.45, 7) is 4.61. The van der Waals surface area contributed by atoms with E-state index in [1.54, 1.807) is 6.92 Å². The Morgan fingerprint density at radius 1 is 1.43 bits per heavy atom. The minimum atomic E-state index is -1.26. The van der Waals surface area contributed by atoms with Gasteiger partial charge in [0.15, 0.2) is 23.1 Å². The summed E-state index contributed by atoms with van der Waals surface area (Å²) < 4.78 is 4.80. The zero-order chi connectivity index (χ0) is 10.9. The van der Waals surface area contributed by atoms with Gasteiger partial charge in [-0.1, -0.05) is 6.08 Å². The smallest absolute Gasteiger partial charge is 0.325 e. The molecular weight excluding hydrogens is 184 g/mol. The van der Waals surface area contributed by atoms with Gasteiger partial charge in [-0.15, -0.1) is 0 Å². The zero-order valence-electron chi connectivity index (χ0n) is 8.37. The average molecular weight is 196 g/mol. The fourth-order valence-electron chi connectivity index (χ4n) is 1.32. The van der Waals surface area contributed by atoms with Crippen LogP contribution in [0.1, 0.15) is 20.8 Å². The number of rotatable bonds is 2. The molecule has 0 spiro atoms. The van der Waals surface area contributed by atoms with Crippen LogP contribution >= 0.6 is 0 Å². The predicted molar refractivity (Wildman–Crippen MR) is 48.5 cm³/mol. The Bertz CT molecular complexity index is 325. The molecule has 1 aliphatic heterocycles. The topological polar surface area (TPSA) is 60.4 Å². The van der Waals surface area contributed by atoms with E-state index < -0.39 is 29.1 Å². The molecule has 4 heteroatoms. The number of esters is 1. The molecule has 0 aromatic carbocycles. The van der Waals surface area contributed by atoms with E-state index in [-0.39, 0.29) is 0 Å². The van der Waals surface area contributed by atoms with Gasteiger partial charge in [0.25, 0.3) is 0 Å². The zero-order valence-corrected chi connectivity index (χ0v) is 8.37. The minimum Gasteiger partial charge on any atom is -0.451 e. The molecule has 1 saturated heterocycles. The van der Waals surface area contributed by atoms with Gasteiger partial charge >= 0.3 is 5.97 Å². The van der Waals surface area contributed by atoms with Crippen molar-refractivity contribution in [1.29, 1.82) is 0 Å². The number of carbonyl (C=O) groups excluding carboxylic acids is 3. The van der Waals surface area contributed by atoms with Crippen molar-refractivity contribution >= 4 is 17.5 Å². The molecule has 0 bridgehead atoms. The standard InChI is InChI=1S/C10H12O4/c1-4-5-6(11)7-8(12)10(2,3)14-9(7)13/h4-5,7H,1-3H3/b5-4+. The average Bonchev–Trinajstić information content (AvgIpc) is 2.22. The van der Waals surface area contributed by atoms with Gasteiger partial charge < -0.3 is 4.74 Å². The second kappa shape index (κ2) is 3.36. The van der Waals surface area contributed by atoms with Crippen molar-refractivity contribution in [3.63, 3.8) is 0 Å². The number of cyclic esters (lactones) is 1.